The van der Waals surface area contributed by atoms with Crippen molar-refractivity contribution in [2.45, 2.75) is 49.9 Å². The number of ether oxygens (including phenoxy) is 1. The van der Waals surface area contributed by atoms with E-state index in [1.54, 1.807) is 28.6 Å². The number of benzene rings is 2. The van der Waals surface area contributed by atoms with Crippen LogP contribution in [0, 0.1) is 0 Å². The Balaban J connectivity index is 1.67. The molecular weight excluding hydrogens is 360 g/mol. The predicted octanol–water partition coefficient (Wildman–Crippen LogP) is 3.64. The number of nitrogens with zero attached hydrogens (tertiary/aromatic N) is 2. The van der Waals surface area contributed by atoms with E-state index in [0.717, 1.165) is 24.9 Å². The first-order valence-electron chi connectivity index (χ1n) is 9.56. The van der Waals surface area contributed by atoms with Gasteiger partial charge in [-0.2, -0.15) is 4.31 Å². The first-order chi connectivity index (χ1) is 13.0. The van der Waals surface area contributed by atoms with E-state index in [2.05, 4.69) is 4.90 Å². The summed E-state index contributed by atoms with van der Waals surface area (Å²) < 4.78 is 34.2. The van der Waals surface area contributed by atoms with Crippen molar-refractivity contribution in [2.24, 2.45) is 0 Å². The van der Waals surface area contributed by atoms with Crippen molar-refractivity contribution in [3.63, 3.8) is 0 Å². The van der Waals surface area contributed by atoms with Gasteiger partial charge < -0.3 is 4.74 Å². The van der Waals surface area contributed by atoms with Crippen molar-refractivity contribution in [3.05, 3.63) is 60.2 Å². The van der Waals surface area contributed by atoms with Crippen molar-refractivity contribution in [1.82, 2.24) is 9.21 Å². The molecule has 2 fully saturated rings. The third-order valence-corrected chi connectivity index (χ3v) is 7.13. The van der Waals surface area contributed by atoms with Gasteiger partial charge in [0.1, 0.15) is 11.9 Å². The Morgan fingerprint density at radius 3 is 2.41 bits per heavy atom. The maximum absolute atomic E-state index is 13.4. The van der Waals surface area contributed by atoms with E-state index in [9.17, 15) is 8.42 Å². The summed E-state index contributed by atoms with van der Waals surface area (Å²) in [4.78, 5) is 2.66. The van der Waals surface area contributed by atoms with Gasteiger partial charge in [-0.1, -0.05) is 30.3 Å². The summed E-state index contributed by atoms with van der Waals surface area (Å²) in [6.45, 7) is 5.39. The van der Waals surface area contributed by atoms with Crippen molar-refractivity contribution < 1.29 is 13.2 Å². The molecular formula is C21H26N2O3S. The molecule has 2 aromatic rings. The smallest absolute Gasteiger partial charge is 0.244 e. The monoisotopic (exact) mass is 386 g/mol. The minimum absolute atomic E-state index is 0.0562. The summed E-state index contributed by atoms with van der Waals surface area (Å²) in [7, 11) is -3.59. The largest absolute Gasteiger partial charge is 0.491 e. The Hall–Kier alpha value is -1.89. The fraction of sp³-hybridized carbons (Fsp3) is 0.429. The molecule has 0 amide bonds. The van der Waals surface area contributed by atoms with Gasteiger partial charge in [-0.15, -0.1) is 0 Å². The van der Waals surface area contributed by atoms with Gasteiger partial charge in [-0.3, -0.25) is 4.90 Å². The summed E-state index contributed by atoms with van der Waals surface area (Å²) in [5.41, 5.74) is 1.03. The Morgan fingerprint density at radius 2 is 1.74 bits per heavy atom. The van der Waals surface area contributed by atoms with Crippen LogP contribution in [0.1, 0.15) is 38.4 Å². The van der Waals surface area contributed by atoms with E-state index in [0.29, 0.717) is 23.2 Å². The Labute approximate surface area is 161 Å². The lowest BCUT2D eigenvalue weighted by atomic mass is 10.1. The predicted molar refractivity (Wildman–Crippen MR) is 105 cm³/mol. The van der Waals surface area contributed by atoms with Gasteiger partial charge in [0.25, 0.3) is 0 Å². The van der Waals surface area contributed by atoms with E-state index >= 15 is 0 Å². The van der Waals surface area contributed by atoms with Crippen LogP contribution in [0.15, 0.2) is 59.5 Å². The molecule has 2 heterocycles. The number of sulfonamides is 1. The molecule has 5 nitrogen and oxygen atoms in total. The lowest BCUT2D eigenvalue weighted by Crippen LogP contribution is -2.35. The zero-order valence-electron chi connectivity index (χ0n) is 15.8. The summed E-state index contributed by atoms with van der Waals surface area (Å²) >= 11 is 0. The van der Waals surface area contributed by atoms with Crippen LogP contribution in [0.5, 0.6) is 5.75 Å². The molecule has 2 saturated heterocycles. The van der Waals surface area contributed by atoms with Crippen molar-refractivity contribution >= 4 is 10.0 Å². The summed E-state index contributed by atoms with van der Waals surface area (Å²) in [6, 6.07) is 17.0. The SMILES string of the molecule is CC(C)Oc1ccc(S(=O)(=O)N2CC3CCCN3C2c2ccccc2)cc1. The van der Waals surface area contributed by atoms with Crippen LogP contribution >= 0.6 is 0 Å². The van der Waals surface area contributed by atoms with Crippen LogP contribution in [0.3, 0.4) is 0 Å². The van der Waals surface area contributed by atoms with Gasteiger partial charge in [0, 0.05) is 19.1 Å². The average molecular weight is 387 g/mol. The molecule has 2 aliphatic heterocycles. The first kappa shape index (κ1) is 18.5. The van der Waals surface area contributed by atoms with Gasteiger partial charge in [0.2, 0.25) is 10.0 Å². The molecule has 0 N–H and O–H groups in total. The maximum atomic E-state index is 13.4. The summed E-state index contributed by atoms with van der Waals surface area (Å²) in [5.74, 6) is 0.686. The standard InChI is InChI=1S/C21H26N2O3S/c1-16(2)26-19-10-12-20(13-11-19)27(24,25)23-15-18-9-6-14-22(18)21(23)17-7-4-3-5-8-17/h3-5,7-8,10-13,16,18,21H,6,9,14-15H2,1-2H3. The lowest BCUT2D eigenvalue weighted by Gasteiger charge is -2.29. The number of rotatable bonds is 5. The molecule has 6 heteroatoms. The van der Waals surface area contributed by atoms with E-state index in [4.69, 9.17) is 4.74 Å². The van der Waals surface area contributed by atoms with Gasteiger partial charge in [0.05, 0.1) is 11.0 Å². The summed E-state index contributed by atoms with van der Waals surface area (Å²) in [6.07, 6.45) is 2.01. The first-order valence-corrected chi connectivity index (χ1v) is 11.0. The molecule has 2 unspecified atom stereocenters. The van der Waals surface area contributed by atoms with Crippen LogP contribution in [0.4, 0.5) is 0 Å². The molecule has 0 radical (unpaired) electrons. The topological polar surface area (TPSA) is 49.9 Å². The van der Waals surface area contributed by atoms with Crippen molar-refractivity contribution in [1.29, 1.82) is 0 Å². The molecule has 2 aliphatic rings. The van der Waals surface area contributed by atoms with Crippen LogP contribution in [0.2, 0.25) is 0 Å². The Bertz CT molecular complexity index is 881. The molecule has 4 rings (SSSR count). The van der Waals surface area contributed by atoms with Crippen molar-refractivity contribution in [3.8, 4) is 5.75 Å². The summed E-state index contributed by atoms with van der Waals surface area (Å²) in [5, 5.41) is 0. The highest BCUT2D eigenvalue weighted by Crippen LogP contribution is 2.41. The van der Waals surface area contributed by atoms with E-state index in [1.165, 1.54) is 0 Å². The van der Waals surface area contributed by atoms with Crippen LogP contribution in [0.25, 0.3) is 0 Å². The molecule has 0 aromatic heterocycles. The fourth-order valence-corrected chi connectivity index (χ4v) is 5.78. The number of hydrogen-bond donors (Lipinski definition) is 0. The number of fused-ring (bicyclic) bond motifs is 1. The van der Waals surface area contributed by atoms with E-state index in [1.807, 2.05) is 44.2 Å². The quantitative estimate of drug-likeness (QED) is 0.787. The average Bonchev–Trinajstić information content (AvgIpc) is 3.23. The molecule has 0 spiro atoms. The molecule has 0 aliphatic carbocycles. The normalized spacial score (nSPS) is 23.7. The molecule has 2 atom stereocenters. The minimum Gasteiger partial charge on any atom is -0.491 e. The van der Waals surface area contributed by atoms with Gasteiger partial charge >= 0.3 is 0 Å². The van der Waals surface area contributed by atoms with Gasteiger partial charge in [-0.05, 0) is 56.5 Å². The molecule has 144 valence electrons. The van der Waals surface area contributed by atoms with Crippen molar-refractivity contribution in [2.75, 3.05) is 13.1 Å². The highest BCUT2D eigenvalue weighted by molar-refractivity contribution is 7.89. The van der Waals surface area contributed by atoms with Gasteiger partial charge in [0.15, 0.2) is 0 Å². The number of hydrogen-bond acceptors (Lipinski definition) is 4. The fourth-order valence-electron chi connectivity index (χ4n) is 4.16. The second-order valence-electron chi connectivity index (χ2n) is 7.53. The van der Waals surface area contributed by atoms with Crippen LogP contribution in [-0.4, -0.2) is 42.9 Å². The maximum Gasteiger partial charge on any atom is 0.244 e. The molecule has 0 saturated carbocycles. The second-order valence-corrected chi connectivity index (χ2v) is 9.42. The third-order valence-electron chi connectivity index (χ3n) is 5.30. The Kier molecular flexibility index (Phi) is 4.97. The molecule has 27 heavy (non-hydrogen) atoms. The zero-order valence-corrected chi connectivity index (χ0v) is 16.6. The van der Waals surface area contributed by atoms with E-state index in [-0.39, 0.29) is 12.3 Å². The second kappa shape index (κ2) is 7.26. The molecule has 0 bridgehead atoms. The highest BCUT2D eigenvalue weighted by Gasteiger charge is 2.47. The van der Waals surface area contributed by atoms with E-state index < -0.39 is 10.0 Å². The third kappa shape index (κ3) is 3.49. The lowest BCUT2D eigenvalue weighted by molar-refractivity contribution is 0.198. The minimum atomic E-state index is -3.59. The zero-order chi connectivity index (χ0) is 19.0. The highest BCUT2D eigenvalue weighted by atomic mass is 32.2. The van der Waals surface area contributed by atoms with Crippen LogP contribution < -0.4 is 4.74 Å². The van der Waals surface area contributed by atoms with Crippen LogP contribution in [-0.2, 0) is 10.0 Å². The van der Waals surface area contributed by atoms with Gasteiger partial charge in [-0.25, -0.2) is 8.42 Å². The Morgan fingerprint density at radius 1 is 1.04 bits per heavy atom. The molecule has 2 aromatic carbocycles.